The normalized spacial score (nSPS) is 12.9. The van der Waals surface area contributed by atoms with Crippen molar-refractivity contribution in [2.75, 3.05) is 13.0 Å². The number of halogens is 2. The highest BCUT2D eigenvalue weighted by molar-refractivity contribution is 6.19. The van der Waals surface area contributed by atoms with Crippen LogP contribution in [0.15, 0.2) is 0 Å². The van der Waals surface area contributed by atoms with Gasteiger partial charge in [-0.3, -0.25) is 0 Å². The molecule has 0 radical (unpaired) electrons. The molecule has 0 amide bonds. The molecule has 48 valence electrons. The summed E-state index contributed by atoms with van der Waals surface area (Å²) in [5.74, 6) is -1.26. The lowest BCUT2D eigenvalue weighted by Crippen LogP contribution is -2.18. The smallest absolute Gasteiger partial charge is 0.341 e. The Morgan fingerprint density at radius 1 is 2.00 bits per heavy atom. The fourth-order valence-corrected chi connectivity index (χ4v) is 0.317. The monoisotopic (exact) mass is 140 g/mol. The first-order valence-corrected chi connectivity index (χ1v) is 2.53. The molecule has 2 nitrogen and oxygen atoms in total. The minimum Gasteiger partial charge on any atom is -0.467 e. The molecule has 0 aromatic carbocycles. The molecule has 0 spiro atoms. The van der Waals surface area contributed by atoms with E-state index in [0.717, 1.165) is 7.11 Å². The molecule has 0 aliphatic rings. The van der Waals surface area contributed by atoms with Gasteiger partial charge in [0.2, 0.25) is 6.17 Å². The van der Waals surface area contributed by atoms with E-state index < -0.39 is 12.1 Å². The average Bonchev–Trinajstić information content (AvgIpc) is 1.84. The highest BCUT2D eigenvalue weighted by Gasteiger charge is 2.14. The summed E-state index contributed by atoms with van der Waals surface area (Å²) in [6, 6.07) is 0. The molecule has 0 saturated carbocycles. The summed E-state index contributed by atoms with van der Waals surface area (Å²) in [5, 5.41) is 0. The zero-order valence-electron chi connectivity index (χ0n) is 4.36. The lowest BCUT2D eigenvalue weighted by atomic mass is 10.4. The minimum absolute atomic E-state index is 0.341. The Morgan fingerprint density at radius 2 is 2.50 bits per heavy atom. The molecule has 0 fully saturated rings. The van der Waals surface area contributed by atoms with E-state index in [-0.39, 0.29) is 5.88 Å². The van der Waals surface area contributed by atoms with Gasteiger partial charge in [-0.15, -0.1) is 11.6 Å². The summed E-state index contributed by atoms with van der Waals surface area (Å²) < 4.78 is 15.9. The second kappa shape index (κ2) is 3.66. The van der Waals surface area contributed by atoms with Gasteiger partial charge in [-0.2, -0.15) is 0 Å². The molecule has 0 unspecified atom stereocenters. The molecule has 0 aromatic heterocycles. The number of hydrogen-bond acceptors (Lipinski definition) is 2. The van der Waals surface area contributed by atoms with Crippen molar-refractivity contribution >= 4 is 17.6 Å². The van der Waals surface area contributed by atoms with Crippen LogP contribution in [0.2, 0.25) is 0 Å². The summed E-state index contributed by atoms with van der Waals surface area (Å²) in [5.41, 5.74) is 0. The quantitative estimate of drug-likeness (QED) is 0.418. The van der Waals surface area contributed by atoms with Crippen LogP contribution in [0.1, 0.15) is 0 Å². The van der Waals surface area contributed by atoms with E-state index in [2.05, 4.69) is 4.74 Å². The van der Waals surface area contributed by atoms with Gasteiger partial charge in [0.15, 0.2) is 0 Å². The molecule has 0 aliphatic heterocycles. The molecule has 0 rings (SSSR count). The number of rotatable bonds is 2. The van der Waals surface area contributed by atoms with Crippen molar-refractivity contribution in [3.8, 4) is 0 Å². The van der Waals surface area contributed by atoms with Crippen LogP contribution in [-0.2, 0) is 9.53 Å². The standard InChI is InChI=1S/C4H6ClFO2/c1-8-4(7)3(6)2-5/h3H,2H2,1H3/t3-/m1/s1. The summed E-state index contributed by atoms with van der Waals surface area (Å²) in [4.78, 5) is 10.1. The number of ether oxygens (including phenoxy) is 1. The maximum Gasteiger partial charge on any atom is 0.341 e. The zero-order chi connectivity index (χ0) is 6.57. The maximum atomic E-state index is 11.9. The van der Waals surface area contributed by atoms with Gasteiger partial charge in [0.25, 0.3) is 0 Å². The fourth-order valence-electron chi connectivity index (χ4n) is 0.191. The van der Waals surface area contributed by atoms with Gasteiger partial charge in [0.1, 0.15) is 0 Å². The van der Waals surface area contributed by atoms with E-state index in [4.69, 9.17) is 11.6 Å². The van der Waals surface area contributed by atoms with Crippen molar-refractivity contribution in [3.05, 3.63) is 0 Å². The predicted molar refractivity (Wildman–Crippen MR) is 27.6 cm³/mol. The van der Waals surface area contributed by atoms with Gasteiger partial charge < -0.3 is 4.74 Å². The molecule has 0 N–H and O–H groups in total. The first kappa shape index (κ1) is 7.69. The molecule has 0 aliphatic carbocycles. The zero-order valence-corrected chi connectivity index (χ0v) is 5.11. The van der Waals surface area contributed by atoms with Gasteiger partial charge in [0.05, 0.1) is 13.0 Å². The second-order valence-electron chi connectivity index (χ2n) is 1.14. The van der Waals surface area contributed by atoms with Gasteiger partial charge >= 0.3 is 5.97 Å². The number of esters is 1. The molecule has 4 heteroatoms. The van der Waals surface area contributed by atoms with E-state index in [1.807, 2.05) is 0 Å². The molecule has 8 heavy (non-hydrogen) atoms. The van der Waals surface area contributed by atoms with E-state index >= 15 is 0 Å². The number of alkyl halides is 2. The first-order valence-electron chi connectivity index (χ1n) is 2.00. The van der Waals surface area contributed by atoms with Crippen LogP contribution >= 0.6 is 11.6 Å². The summed E-state index contributed by atoms with van der Waals surface area (Å²) in [7, 11) is 1.11. The highest BCUT2D eigenvalue weighted by atomic mass is 35.5. The van der Waals surface area contributed by atoms with Crippen LogP contribution in [0.3, 0.4) is 0 Å². The van der Waals surface area contributed by atoms with Crippen molar-refractivity contribution in [1.82, 2.24) is 0 Å². The number of carbonyl (C=O) groups is 1. The van der Waals surface area contributed by atoms with Gasteiger partial charge in [0, 0.05) is 0 Å². The Morgan fingerprint density at radius 3 is 2.62 bits per heavy atom. The summed E-state index contributed by atoms with van der Waals surface area (Å²) in [6.45, 7) is 0. The number of carbonyl (C=O) groups excluding carboxylic acids is 1. The van der Waals surface area contributed by atoms with Crippen LogP contribution in [-0.4, -0.2) is 25.1 Å². The third kappa shape index (κ3) is 2.12. The van der Waals surface area contributed by atoms with Crippen molar-refractivity contribution in [2.45, 2.75) is 6.17 Å². The van der Waals surface area contributed by atoms with Gasteiger partial charge in [-0.25, -0.2) is 9.18 Å². The third-order valence-electron chi connectivity index (χ3n) is 0.592. The lowest BCUT2D eigenvalue weighted by molar-refractivity contribution is -0.145. The Balaban J connectivity index is 3.46. The maximum absolute atomic E-state index is 11.9. The van der Waals surface area contributed by atoms with Crippen molar-refractivity contribution in [1.29, 1.82) is 0 Å². The molecular formula is C4H6ClFO2. The predicted octanol–water partition coefficient (Wildman–Crippen LogP) is 0.736. The Bertz CT molecular complexity index is 86.1. The fraction of sp³-hybridized carbons (Fsp3) is 0.750. The van der Waals surface area contributed by atoms with Crippen LogP contribution in [0.25, 0.3) is 0 Å². The Kier molecular flexibility index (Phi) is 3.52. The molecular weight excluding hydrogens is 134 g/mol. The number of methoxy groups -OCH3 is 1. The van der Waals surface area contributed by atoms with E-state index in [9.17, 15) is 9.18 Å². The van der Waals surface area contributed by atoms with Crippen LogP contribution in [0.4, 0.5) is 4.39 Å². The van der Waals surface area contributed by atoms with E-state index in [1.54, 1.807) is 0 Å². The third-order valence-corrected chi connectivity index (χ3v) is 0.863. The minimum atomic E-state index is -1.68. The van der Waals surface area contributed by atoms with Crippen LogP contribution < -0.4 is 0 Å². The van der Waals surface area contributed by atoms with Crippen molar-refractivity contribution < 1.29 is 13.9 Å². The average molecular weight is 141 g/mol. The van der Waals surface area contributed by atoms with Gasteiger partial charge in [-0.05, 0) is 0 Å². The molecule has 0 aromatic rings. The number of hydrogen-bond donors (Lipinski definition) is 0. The first-order chi connectivity index (χ1) is 3.72. The van der Waals surface area contributed by atoms with Crippen LogP contribution in [0.5, 0.6) is 0 Å². The molecule has 0 heterocycles. The molecule has 0 bridgehead atoms. The SMILES string of the molecule is COC(=O)[C@H](F)CCl. The molecule has 0 saturated heterocycles. The Hall–Kier alpha value is -0.310. The Labute approximate surface area is 51.6 Å². The second-order valence-corrected chi connectivity index (χ2v) is 1.45. The van der Waals surface area contributed by atoms with Gasteiger partial charge in [-0.1, -0.05) is 0 Å². The molecule has 1 atom stereocenters. The largest absolute Gasteiger partial charge is 0.467 e. The highest BCUT2D eigenvalue weighted by Crippen LogP contribution is 1.95. The summed E-state index contributed by atoms with van der Waals surface area (Å²) in [6.07, 6.45) is -1.68. The van der Waals surface area contributed by atoms with Crippen molar-refractivity contribution in [2.24, 2.45) is 0 Å². The lowest BCUT2D eigenvalue weighted by Gasteiger charge is -1.98. The summed E-state index contributed by atoms with van der Waals surface area (Å²) >= 11 is 4.95. The van der Waals surface area contributed by atoms with Crippen molar-refractivity contribution in [3.63, 3.8) is 0 Å². The van der Waals surface area contributed by atoms with E-state index in [1.165, 1.54) is 0 Å². The van der Waals surface area contributed by atoms with E-state index in [0.29, 0.717) is 0 Å². The van der Waals surface area contributed by atoms with Crippen LogP contribution in [0, 0.1) is 0 Å². The topological polar surface area (TPSA) is 26.3 Å².